The molecule has 67 heavy (non-hydrogen) atoms. The first-order chi connectivity index (χ1) is 31.0. The summed E-state index contributed by atoms with van der Waals surface area (Å²) in [6.07, 6.45) is 12.1. The van der Waals surface area contributed by atoms with Gasteiger partial charge in [0.15, 0.2) is 0 Å². The molecule has 0 spiro atoms. The Morgan fingerprint density at radius 2 is 1.25 bits per heavy atom. The number of alkyl halides is 5. The van der Waals surface area contributed by atoms with Crippen molar-refractivity contribution in [3.8, 4) is 0 Å². The average molecular weight is 978 g/mol. The van der Waals surface area contributed by atoms with Crippen LogP contribution < -0.4 is 5.69 Å². The fourth-order valence-corrected chi connectivity index (χ4v) is 6.55. The van der Waals surface area contributed by atoms with Gasteiger partial charge in [-0.15, -0.1) is 27.8 Å². The Bertz CT molecular complexity index is 2480. The molecule has 0 bridgehead atoms. The smallest absolute Gasteiger partial charge is 0.451 e. The molecule has 8 aromatic heterocycles. The number of furan rings is 1. The molecule has 0 fully saturated rings. The maximum Gasteiger partial charge on any atom is 0.451 e. The maximum absolute atomic E-state index is 12.4. The zero-order chi connectivity index (χ0) is 51.2. The van der Waals surface area contributed by atoms with Gasteiger partial charge in [-0.05, 0) is 140 Å². The van der Waals surface area contributed by atoms with E-state index in [-0.39, 0.29) is 6.54 Å². The summed E-state index contributed by atoms with van der Waals surface area (Å²) in [5, 5.41) is 18.0. The van der Waals surface area contributed by atoms with Crippen LogP contribution in [0.1, 0.15) is 79.3 Å². The van der Waals surface area contributed by atoms with Gasteiger partial charge in [-0.25, -0.2) is 23.2 Å². The molecular weight excluding hydrogens is 910 g/mol. The van der Waals surface area contributed by atoms with Gasteiger partial charge in [0.05, 0.1) is 35.6 Å². The molecule has 0 amide bonds. The van der Waals surface area contributed by atoms with E-state index in [0.717, 1.165) is 38.9 Å². The van der Waals surface area contributed by atoms with Crippen molar-refractivity contribution in [1.29, 1.82) is 0 Å². The predicted octanol–water partition coefficient (Wildman–Crippen LogP) is 11.6. The second-order valence-electron chi connectivity index (χ2n) is 15.7. The van der Waals surface area contributed by atoms with Gasteiger partial charge in [-0.3, -0.25) is 18.6 Å². The Balaban J connectivity index is 0.000000386. The largest absolute Gasteiger partial charge is 0.469 e. The highest BCUT2D eigenvalue weighted by Crippen LogP contribution is 2.25. The Kier molecular flexibility index (Phi) is 25.0. The normalized spacial score (nSPS) is 10.4. The van der Waals surface area contributed by atoms with Crippen molar-refractivity contribution in [1.82, 2.24) is 53.2 Å². The topological polar surface area (TPSA) is 124 Å². The third kappa shape index (κ3) is 24.5. The van der Waals surface area contributed by atoms with Crippen molar-refractivity contribution >= 4 is 22.7 Å². The van der Waals surface area contributed by atoms with Crippen LogP contribution in [-0.2, 0) is 47.5 Å². The first-order valence-corrected chi connectivity index (χ1v) is 22.7. The summed E-state index contributed by atoms with van der Waals surface area (Å²) in [6.45, 7) is 26.0. The van der Waals surface area contributed by atoms with E-state index in [4.69, 9.17) is 4.42 Å². The Labute approximate surface area is 399 Å². The van der Waals surface area contributed by atoms with Gasteiger partial charge in [0, 0.05) is 82.4 Å². The number of thiazole rings is 1. The molecule has 0 aromatic carbocycles. The molecule has 0 unspecified atom stereocenters. The zero-order valence-electron chi connectivity index (χ0n) is 41.9. The molecule has 0 aliphatic rings. The Hall–Kier alpha value is -5.89. The van der Waals surface area contributed by atoms with Crippen molar-refractivity contribution in [3.05, 3.63) is 155 Å². The van der Waals surface area contributed by atoms with E-state index in [1.165, 1.54) is 53.0 Å². The van der Waals surface area contributed by atoms with Crippen molar-refractivity contribution in [2.75, 3.05) is 0 Å². The van der Waals surface area contributed by atoms with Crippen LogP contribution in [0, 0.1) is 76.2 Å². The minimum atomic E-state index is -4.57. The van der Waals surface area contributed by atoms with E-state index >= 15 is 0 Å². The molecule has 8 aromatic rings. The molecule has 8 heterocycles. The van der Waals surface area contributed by atoms with E-state index in [1.807, 2.05) is 109 Å². The van der Waals surface area contributed by atoms with E-state index in [9.17, 15) is 26.7 Å². The number of nitrogens with zero attached hydrogens (tertiary/aromatic N) is 11. The summed E-state index contributed by atoms with van der Waals surface area (Å²) >= 11 is 3.56. The summed E-state index contributed by atoms with van der Waals surface area (Å²) in [6, 6.07) is 6.18. The van der Waals surface area contributed by atoms with Gasteiger partial charge < -0.3 is 8.98 Å². The van der Waals surface area contributed by atoms with Crippen LogP contribution in [-0.4, -0.2) is 59.2 Å². The minimum Gasteiger partial charge on any atom is -0.469 e. The molecule has 0 radical (unpaired) electrons. The van der Waals surface area contributed by atoms with E-state index in [1.54, 1.807) is 46.0 Å². The standard InChI is InChI=1S/C7H10F2N2.C6H10N2.C6H9NS.C6H9N.C6H8O.C6H8S.C5H6F3N3O.C5H8N2/c1-6-3-10-11(4-6)5-7(2,8)9;1-3-8-5-6(2)4-7-8;1-4-5(2)8-6(3)7-4;1-6-3-4-7(2)5-6;2*1-5-3-4-7-6(5)2;1-10-3(5(6,7)8)9-11(2)4(10)12;1-5-3-6-7(2)4-5/h3-4H,5H2,1-2H3;4-5H,3H2,1-2H3;1-3H3;3-5H,1-2H3;2*3-4H,1-2H3;1-2H3;3-4H,1-2H3. The molecule has 13 nitrogen and oxygen atoms in total. The van der Waals surface area contributed by atoms with Crippen LogP contribution in [0.4, 0.5) is 22.0 Å². The highest BCUT2D eigenvalue weighted by atomic mass is 32.1. The van der Waals surface area contributed by atoms with E-state index in [0.29, 0.717) is 9.25 Å². The molecule has 0 aliphatic carbocycles. The molecule has 0 saturated heterocycles. The third-order valence-electron chi connectivity index (χ3n) is 8.85. The van der Waals surface area contributed by atoms with Gasteiger partial charge in [0.1, 0.15) is 12.3 Å². The molecule has 8 rings (SSSR count). The maximum atomic E-state index is 12.4. The van der Waals surface area contributed by atoms with Crippen molar-refractivity contribution in [3.63, 3.8) is 0 Å². The highest BCUT2D eigenvalue weighted by Gasteiger charge is 2.37. The summed E-state index contributed by atoms with van der Waals surface area (Å²) in [4.78, 5) is 17.8. The van der Waals surface area contributed by atoms with Crippen molar-refractivity contribution < 1.29 is 26.4 Å². The summed E-state index contributed by atoms with van der Waals surface area (Å²) in [5.74, 6) is -2.85. The number of rotatable bonds is 3. The molecule has 0 aliphatic heterocycles. The first-order valence-electron chi connectivity index (χ1n) is 21.0. The van der Waals surface area contributed by atoms with Crippen LogP contribution in [0.3, 0.4) is 0 Å². The van der Waals surface area contributed by atoms with Gasteiger partial charge in [0.2, 0.25) is 5.82 Å². The monoisotopic (exact) mass is 977 g/mol. The van der Waals surface area contributed by atoms with Crippen LogP contribution in [0.15, 0.2) is 88.6 Å². The molecule has 20 heteroatoms. The number of aromatic nitrogens is 11. The van der Waals surface area contributed by atoms with Crippen LogP contribution >= 0.6 is 22.7 Å². The predicted molar refractivity (Wildman–Crippen MR) is 260 cm³/mol. The van der Waals surface area contributed by atoms with Gasteiger partial charge >= 0.3 is 11.9 Å². The Morgan fingerprint density at radius 3 is 1.43 bits per heavy atom. The van der Waals surface area contributed by atoms with E-state index < -0.39 is 23.6 Å². The number of aryl methyl sites for hydroxylation is 15. The number of halogens is 5. The van der Waals surface area contributed by atoms with Crippen molar-refractivity contribution in [2.45, 2.75) is 115 Å². The van der Waals surface area contributed by atoms with Crippen LogP contribution in [0.2, 0.25) is 0 Å². The molecule has 0 atom stereocenters. The fourth-order valence-electron chi connectivity index (χ4n) is 5.00. The first kappa shape index (κ1) is 59.1. The quantitative estimate of drug-likeness (QED) is 0.161. The Morgan fingerprint density at radius 1 is 0.687 bits per heavy atom. The summed E-state index contributed by atoms with van der Waals surface area (Å²) in [7, 11) is 6.12. The van der Waals surface area contributed by atoms with Crippen molar-refractivity contribution in [2.24, 2.45) is 28.2 Å². The van der Waals surface area contributed by atoms with Crippen LogP contribution in [0.5, 0.6) is 0 Å². The summed E-state index contributed by atoms with van der Waals surface area (Å²) in [5.41, 5.74) is 7.67. The third-order valence-corrected chi connectivity index (χ3v) is 10.8. The number of thiophene rings is 1. The molecule has 0 N–H and O–H groups in total. The van der Waals surface area contributed by atoms with Crippen LogP contribution in [0.25, 0.3) is 0 Å². The second kappa shape index (κ2) is 28.3. The molecule has 0 saturated carbocycles. The van der Waals surface area contributed by atoms with Gasteiger partial charge in [-0.1, -0.05) is 0 Å². The lowest BCUT2D eigenvalue weighted by Crippen LogP contribution is -2.22. The zero-order valence-corrected chi connectivity index (χ0v) is 43.5. The number of hydrogen-bond donors (Lipinski definition) is 0. The summed E-state index contributed by atoms with van der Waals surface area (Å²) < 4.78 is 73.8. The second-order valence-corrected chi connectivity index (χ2v) is 18.2. The lowest BCUT2D eigenvalue weighted by Gasteiger charge is -2.08. The molecule has 370 valence electrons. The minimum absolute atomic E-state index is 0.346. The highest BCUT2D eigenvalue weighted by molar-refractivity contribution is 7.11. The number of hydrogen-bond acceptors (Lipinski definition) is 9. The van der Waals surface area contributed by atoms with Gasteiger partial charge in [0.25, 0.3) is 5.92 Å². The van der Waals surface area contributed by atoms with Gasteiger partial charge in [-0.2, -0.15) is 28.5 Å². The average Bonchev–Trinajstić information content (AvgIpc) is 4.14. The lowest BCUT2D eigenvalue weighted by atomic mass is 10.3. The molecular formula is C47H68F5N11O2S2. The SMILES string of the molecule is CCn1cc(C)cn1.Cc1ccn(C)c1.Cc1ccoc1C.Cc1ccsc1C.Cc1cnn(C)c1.Cc1cnn(CC(C)(F)F)c1.Cc1nc(C)c(C)s1.Cn1nc(C(F)(F)F)n(C)c1=O. The van der Waals surface area contributed by atoms with E-state index in [2.05, 4.69) is 83.7 Å². The fraction of sp³-hybridized carbons (Fsp3) is 0.447. The lowest BCUT2D eigenvalue weighted by molar-refractivity contribution is -0.147.